The summed E-state index contributed by atoms with van der Waals surface area (Å²) in [6, 6.07) is 12.1. The van der Waals surface area contributed by atoms with Gasteiger partial charge in [0.1, 0.15) is 12.4 Å². The van der Waals surface area contributed by atoms with E-state index in [0.29, 0.717) is 23.4 Å². The van der Waals surface area contributed by atoms with Crippen LogP contribution < -0.4 is 0 Å². The highest BCUT2D eigenvalue weighted by Gasteiger charge is 2.20. The number of aromatic nitrogens is 2. The number of benzene rings is 2. The van der Waals surface area contributed by atoms with Crippen molar-refractivity contribution in [1.82, 2.24) is 13.9 Å². The average molecular weight is 416 g/mol. The topological polar surface area (TPSA) is 81.5 Å². The molecule has 0 fully saturated rings. The first-order valence-electron chi connectivity index (χ1n) is 9.39. The fraction of sp³-hybridized carbons (Fsp3) is 0.333. The summed E-state index contributed by atoms with van der Waals surface area (Å²) in [5, 5.41) is 0. The Balaban J connectivity index is 1.91. The number of esters is 1. The highest BCUT2D eigenvalue weighted by atomic mass is 32.2. The second-order valence-corrected chi connectivity index (χ2v) is 9.21. The zero-order chi connectivity index (χ0) is 21.2. The number of carbonyl (C=O) groups excluding carboxylic acids is 1. The van der Waals surface area contributed by atoms with E-state index in [4.69, 9.17) is 4.74 Å². The van der Waals surface area contributed by atoms with Gasteiger partial charge in [0.2, 0.25) is 10.0 Å². The lowest BCUT2D eigenvalue weighted by Crippen LogP contribution is -2.22. The summed E-state index contributed by atoms with van der Waals surface area (Å²) in [6.45, 7) is 4.69. The van der Waals surface area contributed by atoms with Gasteiger partial charge in [-0.1, -0.05) is 24.6 Å². The number of hydrogen-bond acceptors (Lipinski definition) is 5. The molecule has 0 spiro atoms. The number of ether oxygens (including phenoxy) is 1. The highest BCUT2D eigenvalue weighted by Crippen LogP contribution is 2.23. The first-order chi connectivity index (χ1) is 13.7. The van der Waals surface area contributed by atoms with Crippen LogP contribution in [0.3, 0.4) is 0 Å². The number of imidazole rings is 1. The van der Waals surface area contributed by atoms with Crippen LogP contribution in [0.15, 0.2) is 47.4 Å². The van der Waals surface area contributed by atoms with Crippen LogP contribution in [0.25, 0.3) is 11.0 Å². The van der Waals surface area contributed by atoms with E-state index in [1.165, 1.54) is 18.4 Å². The molecule has 7 nitrogen and oxygen atoms in total. The van der Waals surface area contributed by atoms with Gasteiger partial charge in [-0.15, -0.1) is 0 Å². The lowest BCUT2D eigenvalue weighted by molar-refractivity contribution is 0.0458. The molecule has 0 aliphatic carbocycles. The van der Waals surface area contributed by atoms with Gasteiger partial charge < -0.3 is 9.30 Å². The number of fused-ring (bicyclic) bond motifs is 1. The van der Waals surface area contributed by atoms with E-state index < -0.39 is 16.0 Å². The average Bonchev–Trinajstić information content (AvgIpc) is 3.03. The molecule has 8 heteroatoms. The Hall–Kier alpha value is -2.71. The summed E-state index contributed by atoms with van der Waals surface area (Å²) < 4.78 is 33.4. The molecular formula is C21H25N3O4S. The third-order valence-corrected chi connectivity index (χ3v) is 6.46. The zero-order valence-electron chi connectivity index (χ0n) is 17.0. The fourth-order valence-corrected chi connectivity index (χ4v) is 3.94. The van der Waals surface area contributed by atoms with Crippen molar-refractivity contribution in [2.24, 2.45) is 0 Å². The van der Waals surface area contributed by atoms with Crippen LogP contribution in [0.2, 0.25) is 0 Å². The van der Waals surface area contributed by atoms with Gasteiger partial charge in [0.05, 0.1) is 21.5 Å². The summed E-state index contributed by atoms with van der Waals surface area (Å²) in [4.78, 5) is 17.1. The minimum Gasteiger partial charge on any atom is -0.454 e. The first kappa shape index (κ1) is 21.0. The molecule has 154 valence electrons. The summed E-state index contributed by atoms with van der Waals surface area (Å²) >= 11 is 0. The van der Waals surface area contributed by atoms with Gasteiger partial charge in [0, 0.05) is 20.6 Å². The van der Waals surface area contributed by atoms with E-state index >= 15 is 0 Å². The van der Waals surface area contributed by atoms with Crippen LogP contribution in [-0.4, -0.2) is 42.3 Å². The Labute approximate surface area is 171 Å². The van der Waals surface area contributed by atoms with E-state index in [0.717, 1.165) is 17.5 Å². The van der Waals surface area contributed by atoms with Gasteiger partial charge in [-0.2, -0.15) is 0 Å². The van der Waals surface area contributed by atoms with Crippen molar-refractivity contribution < 1.29 is 17.9 Å². The predicted octanol–water partition coefficient (Wildman–Crippen LogP) is 3.36. The van der Waals surface area contributed by atoms with Gasteiger partial charge >= 0.3 is 5.97 Å². The normalized spacial score (nSPS) is 11.9. The molecule has 3 aromatic rings. The molecule has 0 aliphatic heterocycles. The molecule has 29 heavy (non-hydrogen) atoms. The summed E-state index contributed by atoms with van der Waals surface area (Å²) in [7, 11) is -0.568. The summed E-state index contributed by atoms with van der Waals surface area (Å²) in [6.07, 6.45) is 0.863. The molecular weight excluding hydrogens is 390 g/mol. The number of hydrogen-bond donors (Lipinski definition) is 0. The third-order valence-electron chi connectivity index (χ3n) is 4.64. The number of aryl methyl sites for hydroxylation is 2. The monoisotopic (exact) mass is 415 g/mol. The van der Waals surface area contributed by atoms with Crippen molar-refractivity contribution in [3.8, 4) is 0 Å². The Morgan fingerprint density at radius 1 is 1.14 bits per heavy atom. The van der Waals surface area contributed by atoms with E-state index in [1.807, 2.05) is 30.5 Å². The lowest BCUT2D eigenvalue weighted by Gasteiger charge is -2.11. The van der Waals surface area contributed by atoms with Crippen molar-refractivity contribution in [2.75, 3.05) is 14.1 Å². The van der Waals surface area contributed by atoms with Gasteiger partial charge in [0.15, 0.2) is 0 Å². The molecule has 0 amide bonds. The molecule has 0 aliphatic rings. The Bertz CT molecular complexity index is 1130. The first-order valence-corrected chi connectivity index (χ1v) is 10.8. The molecule has 1 aromatic heterocycles. The van der Waals surface area contributed by atoms with Crippen LogP contribution in [0.5, 0.6) is 0 Å². The Morgan fingerprint density at radius 2 is 1.83 bits per heavy atom. The molecule has 0 saturated carbocycles. The minimum absolute atomic E-state index is 0.0111. The number of rotatable bonds is 7. The van der Waals surface area contributed by atoms with Crippen molar-refractivity contribution >= 4 is 27.0 Å². The lowest BCUT2D eigenvalue weighted by atomic mass is 10.1. The van der Waals surface area contributed by atoms with Gasteiger partial charge in [-0.3, -0.25) is 0 Å². The molecule has 0 N–H and O–H groups in total. The molecule has 0 saturated heterocycles. The molecule has 1 heterocycles. The van der Waals surface area contributed by atoms with Crippen LogP contribution in [0.4, 0.5) is 0 Å². The molecule has 2 aromatic carbocycles. The Kier molecular flexibility index (Phi) is 6.04. The van der Waals surface area contributed by atoms with Crippen molar-refractivity contribution in [3.63, 3.8) is 0 Å². The smallest absolute Gasteiger partial charge is 0.338 e. The molecule has 0 unspecified atom stereocenters. The van der Waals surface area contributed by atoms with Crippen LogP contribution in [0, 0.1) is 6.92 Å². The molecule has 0 radical (unpaired) electrons. The standard InChI is InChI=1S/C21H25N3O4S/c1-5-12-24-19-11-10-17(29(26,27)23(3)4)13-18(19)22-20(24)14-28-21(25)16-8-6-15(2)7-9-16/h6-11,13H,5,12,14H2,1-4H3. The predicted molar refractivity (Wildman–Crippen MR) is 111 cm³/mol. The van der Waals surface area contributed by atoms with E-state index in [1.54, 1.807) is 30.3 Å². The second-order valence-electron chi connectivity index (χ2n) is 7.06. The van der Waals surface area contributed by atoms with Gasteiger partial charge in [-0.05, 0) is 43.7 Å². The van der Waals surface area contributed by atoms with E-state index in [9.17, 15) is 13.2 Å². The second kappa shape index (κ2) is 8.34. The fourth-order valence-electron chi connectivity index (χ4n) is 3.02. The van der Waals surface area contributed by atoms with Gasteiger partial charge in [0.25, 0.3) is 0 Å². The quantitative estimate of drug-likeness (QED) is 0.553. The minimum atomic E-state index is -3.55. The maximum atomic E-state index is 12.4. The van der Waals surface area contributed by atoms with Crippen LogP contribution in [-0.2, 0) is 27.9 Å². The number of nitrogens with zero attached hydrogens (tertiary/aromatic N) is 3. The van der Waals surface area contributed by atoms with Gasteiger partial charge in [-0.25, -0.2) is 22.5 Å². The number of sulfonamides is 1. The van der Waals surface area contributed by atoms with Crippen molar-refractivity contribution in [1.29, 1.82) is 0 Å². The highest BCUT2D eigenvalue weighted by molar-refractivity contribution is 7.89. The van der Waals surface area contributed by atoms with E-state index in [2.05, 4.69) is 4.98 Å². The summed E-state index contributed by atoms with van der Waals surface area (Å²) in [5.74, 6) is 0.165. The van der Waals surface area contributed by atoms with E-state index in [-0.39, 0.29) is 11.5 Å². The van der Waals surface area contributed by atoms with Crippen LogP contribution in [0.1, 0.15) is 35.1 Å². The SMILES string of the molecule is CCCn1c(COC(=O)c2ccc(C)cc2)nc2cc(S(=O)(=O)N(C)C)ccc21. The molecule has 3 rings (SSSR count). The molecule has 0 bridgehead atoms. The summed E-state index contributed by atoms with van der Waals surface area (Å²) in [5.41, 5.74) is 2.91. The Morgan fingerprint density at radius 3 is 2.45 bits per heavy atom. The maximum Gasteiger partial charge on any atom is 0.338 e. The maximum absolute atomic E-state index is 12.4. The van der Waals surface area contributed by atoms with Crippen molar-refractivity contribution in [2.45, 2.75) is 38.3 Å². The third kappa shape index (κ3) is 4.33. The zero-order valence-corrected chi connectivity index (χ0v) is 17.9. The number of carbonyl (C=O) groups is 1. The van der Waals surface area contributed by atoms with Crippen molar-refractivity contribution in [3.05, 3.63) is 59.4 Å². The largest absolute Gasteiger partial charge is 0.454 e. The van der Waals surface area contributed by atoms with Crippen LogP contribution >= 0.6 is 0 Å². The molecule has 0 atom stereocenters.